The smallest absolute Gasteiger partial charge is 0.188 e. The number of aliphatic imine (C=N–C) groups is 1. The molecule has 0 radical (unpaired) electrons. The molecule has 0 aliphatic heterocycles. The first-order valence-corrected chi connectivity index (χ1v) is 6.81. The standard InChI is InChI=1S/C15H25N3O/c1-5-13(10-17-15(16)18-11(2)3)19-14-8-6-7-12(4)9-14/h6-9,11,13H,5,10H2,1-4H3,(H3,16,17,18). The van der Waals surface area contributed by atoms with Crippen LogP contribution in [-0.2, 0) is 0 Å². The lowest BCUT2D eigenvalue weighted by molar-refractivity contribution is 0.205. The lowest BCUT2D eigenvalue weighted by Crippen LogP contribution is -2.37. The van der Waals surface area contributed by atoms with E-state index in [0.29, 0.717) is 18.5 Å². The minimum Gasteiger partial charge on any atom is -0.489 e. The molecule has 0 saturated heterocycles. The highest BCUT2D eigenvalue weighted by Gasteiger charge is 2.08. The van der Waals surface area contributed by atoms with Crippen LogP contribution in [0, 0.1) is 6.92 Å². The van der Waals surface area contributed by atoms with Crippen LogP contribution in [0.3, 0.4) is 0 Å². The summed E-state index contributed by atoms with van der Waals surface area (Å²) in [7, 11) is 0. The minimum absolute atomic E-state index is 0.0503. The van der Waals surface area contributed by atoms with Crippen molar-refractivity contribution in [3.8, 4) is 5.75 Å². The number of nitrogens with two attached hydrogens (primary N) is 1. The topological polar surface area (TPSA) is 59.6 Å². The third-order valence-corrected chi connectivity index (χ3v) is 2.65. The molecule has 1 unspecified atom stereocenters. The van der Waals surface area contributed by atoms with E-state index in [9.17, 15) is 0 Å². The van der Waals surface area contributed by atoms with E-state index < -0.39 is 0 Å². The molecule has 4 nitrogen and oxygen atoms in total. The Kier molecular flexibility index (Phi) is 6.19. The van der Waals surface area contributed by atoms with E-state index in [4.69, 9.17) is 10.5 Å². The second-order valence-corrected chi connectivity index (χ2v) is 4.99. The molecule has 1 aromatic rings. The van der Waals surface area contributed by atoms with Crippen LogP contribution < -0.4 is 15.8 Å². The summed E-state index contributed by atoms with van der Waals surface area (Å²) in [6.07, 6.45) is 0.946. The van der Waals surface area contributed by atoms with Crippen LogP contribution in [0.1, 0.15) is 32.8 Å². The SMILES string of the molecule is CCC(CN=C(N)NC(C)C)Oc1cccc(C)c1. The van der Waals surface area contributed by atoms with Gasteiger partial charge in [0.1, 0.15) is 11.9 Å². The van der Waals surface area contributed by atoms with Crippen LogP contribution in [-0.4, -0.2) is 24.7 Å². The van der Waals surface area contributed by atoms with E-state index in [1.54, 1.807) is 0 Å². The third kappa shape index (κ3) is 6.13. The summed E-state index contributed by atoms with van der Waals surface area (Å²) in [5.41, 5.74) is 6.97. The number of nitrogens with zero attached hydrogens (tertiary/aromatic N) is 1. The zero-order valence-corrected chi connectivity index (χ0v) is 12.3. The van der Waals surface area contributed by atoms with Gasteiger partial charge in [-0.15, -0.1) is 0 Å². The van der Waals surface area contributed by atoms with Crippen molar-refractivity contribution >= 4 is 5.96 Å². The van der Waals surface area contributed by atoms with Gasteiger partial charge in [0.05, 0.1) is 6.54 Å². The lowest BCUT2D eigenvalue weighted by atomic mass is 10.2. The summed E-state index contributed by atoms with van der Waals surface area (Å²) >= 11 is 0. The van der Waals surface area contributed by atoms with E-state index in [-0.39, 0.29) is 6.10 Å². The largest absolute Gasteiger partial charge is 0.489 e. The number of aryl methyl sites for hydroxylation is 1. The van der Waals surface area contributed by atoms with Gasteiger partial charge in [-0.25, -0.2) is 4.99 Å². The molecule has 3 N–H and O–H groups in total. The van der Waals surface area contributed by atoms with Crippen molar-refractivity contribution in [1.82, 2.24) is 5.32 Å². The zero-order chi connectivity index (χ0) is 14.3. The summed E-state index contributed by atoms with van der Waals surface area (Å²) in [4.78, 5) is 4.31. The molecule has 0 aliphatic rings. The summed E-state index contributed by atoms with van der Waals surface area (Å²) in [5.74, 6) is 1.36. The molecule has 0 heterocycles. The van der Waals surface area contributed by atoms with Gasteiger partial charge in [0.2, 0.25) is 0 Å². The molecule has 1 atom stereocenters. The van der Waals surface area contributed by atoms with Crippen LogP contribution in [0.2, 0.25) is 0 Å². The van der Waals surface area contributed by atoms with Crippen LogP contribution in [0.5, 0.6) is 5.75 Å². The quantitative estimate of drug-likeness (QED) is 0.612. The highest BCUT2D eigenvalue weighted by atomic mass is 16.5. The first-order chi connectivity index (χ1) is 9.01. The maximum absolute atomic E-state index is 5.91. The molecule has 1 rings (SSSR count). The van der Waals surface area contributed by atoms with Gasteiger partial charge in [-0.3, -0.25) is 0 Å². The maximum atomic E-state index is 5.91. The van der Waals surface area contributed by atoms with Crippen LogP contribution in [0.4, 0.5) is 0 Å². The van der Waals surface area contributed by atoms with Gasteiger partial charge in [-0.2, -0.15) is 0 Å². The Morgan fingerprint density at radius 1 is 1.42 bits per heavy atom. The monoisotopic (exact) mass is 263 g/mol. The molecule has 4 heteroatoms. The molecule has 0 aliphatic carbocycles. The highest BCUT2D eigenvalue weighted by molar-refractivity contribution is 5.78. The number of hydrogen-bond acceptors (Lipinski definition) is 2. The Morgan fingerprint density at radius 2 is 2.16 bits per heavy atom. The van der Waals surface area contributed by atoms with Gasteiger partial charge in [0.25, 0.3) is 0 Å². The van der Waals surface area contributed by atoms with Crippen molar-refractivity contribution < 1.29 is 4.74 Å². The van der Waals surface area contributed by atoms with E-state index in [1.807, 2.05) is 32.0 Å². The number of guanidine groups is 1. The van der Waals surface area contributed by atoms with Crippen molar-refractivity contribution in [1.29, 1.82) is 0 Å². The molecule has 0 spiro atoms. The Morgan fingerprint density at radius 3 is 2.74 bits per heavy atom. The average Bonchev–Trinajstić information content (AvgIpc) is 2.33. The van der Waals surface area contributed by atoms with E-state index >= 15 is 0 Å². The van der Waals surface area contributed by atoms with Crippen molar-refractivity contribution in [3.63, 3.8) is 0 Å². The number of ether oxygens (including phenoxy) is 1. The van der Waals surface area contributed by atoms with Crippen molar-refractivity contribution in [2.75, 3.05) is 6.54 Å². The summed E-state index contributed by atoms with van der Waals surface area (Å²) in [6, 6.07) is 8.34. The molecule has 0 fully saturated rings. The first kappa shape index (κ1) is 15.3. The van der Waals surface area contributed by atoms with Crippen molar-refractivity contribution in [2.24, 2.45) is 10.7 Å². The van der Waals surface area contributed by atoms with Crippen LogP contribution in [0.15, 0.2) is 29.3 Å². The fourth-order valence-corrected chi connectivity index (χ4v) is 1.67. The molecule has 106 valence electrons. The summed E-state index contributed by atoms with van der Waals surface area (Å²) in [5, 5.41) is 3.07. The fraction of sp³-hybridized carbons (Fsp3) is 0.533. The van der Waals surface area contributed by atoms with Crippen LogP contribution >= 0.6 is 0 Å². The number of rotatable bonds is 6. The molecule has 0 bridgehead atoms. The first-order valence-electron chi connectivity index (χ1n) is 6.81. The molecular weight excluding hydrogens is 238 g/mol. The van der Waals surface area contributed by atoms with Gasteiger partial charge in [0.15, 0.2) is 5.96 Å². The summed E-state index contributed by atoms with van der Waals surface area (Å²) in [6.45, 7) is 8.76. The average molecular weight is 263 g/mol. The van der Waals surface area contributed by atoms with Gasteiger partial charge >= 0.3 is 0 Å². The molecule has 1 aromatic carbocycles. The van der Waals surface area contributed by atoms with Gasteiger partial charge in [-0.05, 0) is 44.9 Å². The molecule has 0 saturated carbocycles. The number of benzene rings is 1. The second-order valence-electron chi connectivity index (χ2n) is 4.99. The molecular formula is C15H25N3O. The normalized spacial score (nSPS) is 13.4. The van der Waals surface area contributed by atoms with Gasteiger partial charge in [-0.1, -0.05) is 19.1 Å². The fourth-order valence-electron chi connectivity index (χ4n) is 1.67. The van der Waals surface area contributed by atoms with E-state index in [1.165, 1.54) is 5.56 Å². The predicted molar refractivity (Wildman–Crippen MR) is 80.6 cm³/mol. The van der Waals surface area contributed by atoms with Crippen LogP contribution in [0.25, 0.3) is 0 Å². The van der Waals surface area contributed by atoms with Crippen molar-refractivity contribution in [3.05, 3.63) is 29.8 Å². The molecule has 0 aromatic heterocycles. The Labute approximate surface area is 116 Å². The van der Waals surface area contributed by atoms with Gasteiger partial charge in [0, 0.05) is 6.04 Å². The molecule has 19 heavy (non-hydrogen) atoms. The predicted octanol–water partition coefficient (Wildman–Crippen LogP) is 2.47. The van der Waals surface area contributed by atoms with E-state index in [0.717, 1.165) is 12.2 Å². The van der Waals surface area contributed by atoms with Crippen molar-refractivity contribution in [2.45, 2.75) is 46.3 Å². The lowest BCUT2D eigenvalue weighted by Gasteiger charge is -2.17. The maximum Gasteiger partial charge on any atom is 0.188 e. The molecule has 0 amide bonds. The van der Waals surface area contributed by atoms with E-state index in [2.05, 4.69) is 30.2 Å². The number of nitrogens with one attached hydrogen (secondary N) is 1. The Hall–Kier alpha value is -1.71. The highest BCUT2D eigenvalue weighted by Crippen LogP contribution is 2.15. The van der Waals surface area contributed by atoms with Gasteiger partial charge < -0.3 is 15.8 Å². The number of hydrogen-bond donors (Lipinski definition) is 2. The zero-order valence-electron chi connectivity index (χ0n) is 12.3. The third-order valence-electron chi connectivity index (χ3n) is 2.65. The second kappa shape index (κ2) is 7.67. The minimum atomic E-state index is 0.0503. The Bertz CT molecular complexity index is 416. The Balaban J connectivity index is 2.54. The summed E-state index contributed by atoms with van der Waals surface area (Å²) < 4.78 is 5.91.